The van der Waals surface area contributed by atoms with Crippen molar-refractivity contribution in [2.45, 2.75) is 44.5 Å². The van der Waals surface area contributed by atoms with Gasteiger partial charge in [0.25, 0.3) is 0 Å². The van der Waals surface area contributed by atoms with E-state index in [0.717, 1.165) is 6.42 Å². The van der Waals surface area contributed by atoms with Crippen molar-refractivity contribution in [1.29, 1.82) is 0 Å². The van der Waals surface area contributed by atoms with E-state index in [9.17, 15) is 35.5 Å². The standard InChI is InChI=1S/C15H19F7O2/c1-7-8(2)10-3-9(7)4-11(10)12(23)24-6-14(19,20)15(21,22)13(17,18)5-16/h7-11H,3-6H2,1-2H3. The molecule has 24 heavy (non-hydrogen) atoms. The number of hydrogen-bond acceptors (Lipinski definition) is 2. The predicted molar refractivity (Wildman–Crippen MR) is 69.8 cm³/mol. The average molecular weight is 364 g/mol. The summed E-state index contributed by atoms with van der Waals surface area (Å²) in [6, 6.07) is 0. The zero-order valence-electron chi connectivity index (χ0n) is 13.2. The summed E-state index contributed by atoms with van der Waals surface area (Å²) in [4.78, 5) is 11.9. The number of carbonyl (C=O) groups excluding carboxylic acids is 1. The molecule has 140 valence electrons. The van der Waals surface area contributed by atoms with Crippen LogP contribution in [0.5, 0.6) is 0 Å². The number of esters is 1. The van der Waals surface area contributed by atoms with E-state index < -0.39 is 42.9 Å². The second kappa shape index (κ2) is 6.05. The molecular weight excluding hydrogens is 345 g/mol. The number of ether oxygens (including phenoxy) is 1. The number of fused-ring (bicyclic) bond motifs is 2. The smallest absolute Gasteiger partial charge is 0.378 e. The molecule has 9 heteroatoms. The first-order valence-electron chi connectivity index (χ1n) is 7.71. The van der Waals surface area contributed by atoms with Crippen LogP contribution in [0, 0.1) is 29.6 Å². The quantitative estimate of drug-likeness (QED) is 0.518. The molecule has 2 aliphatic carbocycles. The van der Waals surface area contributed by atoms with Crippen molar-refractivity contribution < 1.29 is 40.3 Å². The molecule has 2 aliphatic rings. The summed E-state index contributed by atoms with van der Waals surface area (Å²) >= 11 is 0. The van der Waals surface area contributed by atoms with E-state index in [1.165, 1.54) is 0 Å². The van der Waals surface area contributed by atoms with Gasteiger partial charge in [-0.2, -0.15) is 26.3 Å². The maximum atomic E-state index is 13.4. The van der Waals surface area contributed by atoms with Crippen LogP contribution < -0.4 is 0 Å². The minimum atomic E-state index is -5.95. The molecule has 5 unspecified atom stereocenters. The summed E-state index contributed by atoms with van der Waals surface area (Å²) in [7, 11) is 0. The lowest BCUT2D eigenvalue weighted by molar-refractivity contribution is -0.320. The van der Waals surface area contributed by atoms with E-state index in [0.29, 0.717) is 12.3 Å². The Balaban J connectivity index is 1.99. The van der Waals surface area contributed by atoms with Gasteiger partial charge < -0.3 is 4.74 Å². The molecule has 0 aromatic rings. The third-order valence-electron chi connectivity index (χ3n) is 5.68. The molecule has 0 N–H and O–H groups in total. The van der Waals surface area contributed by atoms with Crippen LogP contribution in [-0.4, -0.2) is 37.0 Å². The number of carbonyl (C=O) groups is 1. The van der Waals surface area contributed by atoms with Gasteiger partial charge in [0.2, 0.25) is 0 Å². The van der Waals surface area contributed by atoms with Crippen molar-refractivity contribution in [1.82, 2.24) is 0 Å². The first kappa shape index (κ1) is 19.3. The van der Waals surface area contributed by atoms with Crippen LogP contribution in [0.4, 0.5) is 30.7 Å². The zero-order valence-corrected chi connectivity index (χ0v) is 13.2. The lowest BCUT2D eigenvalue weighted by atomic mass is 9.76. The molecular formula is C15H19F7O2. The van der Waals surface area contributed by atoms with Crippen molar-refractivity contribution in [3.63, 3.8) is 0 Å². The summed E-state index contributed by atoms with van der Waals surface area (Å²) < 4.78 is 94.7. The van der Waals surface area contributed by atoms with Crippen LogP contribution in [0.15, 0.2) is 0 Å². The Hall–Kier alpha value is -1.02. The SMILES string of the molecule is CC1C2CC(C(=O)OCC(F)(F)C(F)(F)C(F)(F)CF)C(C2)C1C. The molecule has 0 saturated heterocycles. The van der Waals surface area contributed by atoms with E-state index in [-0.39, 0.29) is 17.8 Å². The van der Waals surface area contributed by atoms with Gasteiger partial charge in [-0.15, -0.1) is 0 Å². The third-order valence-corrected chi connectivity index (χ3v) is 5.68. The summed E-state index contributed by atoms with van der Waals surface area (Å²) in [5.41, 5.74) is 0. The lowest BCUT2D eigenvalue weighted by Crippen LogP contribution is -2.57. The van der Waals surface area contributed by atoms with E-state index >= 15 is 0 Å². The first-order chi connectivity index (χ1) is 10.9. The highest BCUT2D eigenvalue weighted by Gasteiger charge is 2.72. The molecule has 0 aromatic carbocycles. The van der Waals surface area contributed by atoms with Crippen molar-refractivity contribution >= 4 is 5.97 Å². The fraction of sp³-hybridized carbons (Fsp3) is 0.933. The van der Waals surface area contributed by atoms with Crippen LogP contribution in [-0.2, 0) is 9.53 Å². The highest BCUT2D eigenvalue weighted by atomic mass is 19.3. The monoisotopic (exact) mass is 364 g/mol. The highest BCUT2D eigenvalue weighted by Crippen LogP contribution is 2.55. The van der Waals surface area contributed by atoms with Gasteiger partial charge in [-0.3, -0.25) is 4.79 Å². The van der Waals surface area contributed by atoms with Crippen LogP contribution in [0.1, 0.15) is 26.7 Å². The maximum absolute atomic E-state index is 13.4. The Bertz CT molecular complexity index is 492. The highest BCUT2D eigenvalue weighted by molar-refractivity contribution is 5.73. The van der Waals surface area contributed by atoms with E-state index in [1.807, 2.05) is 13.8 Å². The van der Waals surface area contributed by atoms with Gasteiger partial charge >= 0.3 is 23.7 Å². The van der Waals surface area contributed by atoms with Crippen molar-refractivity contribution in [2.24, 2.45) is 29.6 Å². The van der Waals surface area contributed by atoms with Gasteiger partial charge in [0.05, 0.1) is 5.92 Å². The number of hydrogen-bond donors (Lipinski definition) is 0. The van der Waals surface area contributed by atoms with Crippen LogP contribution >= 0.6 is 0 Å². The van der Waals surface area contributed by atoms with Crippen molar-refractivity contribution in [3.8, 4) is 0 Å². The molecule has 0 aliphatic heterocycles. The summed E-state index contributed by atoms with van der Waals surface area (Å²) in [5.74, 6) is -17.9. The Kier molecular flexibility index (Phi) is 4.87. The fourth-order valence-electron chi connectivity index (χ4n) is 3.92. The van der Waals surface area contributed by atoms with Gasteiger partial charge in [-0.05, 0) is 36.5 Å². The van der Waals surface area contributed by atoms with Crippen LogP contribution in [0.2, 0.25) is 0 Å². The molecule has 5 atom stereocenters. The summed E-state index contributed by atoms with van der Waals surface area (Å²) in [5, 5.41) is 0. The zero-order chi connectivity index (χ0) is 18.5. The molecule has 0 aromatic heterocycles. The fourth-order valence-corrected chi connectivity index (χ4v) is 3.92. The molecule has 2 bridgehead atoms. The number of alkyl halides is 7. The largest absolute Gasteiger partial charge is 0.459 e. The van der Waals surface area contributed by atoms with Gasteiger partial charge in [0.15, 0.2) is 13.3 Å². The minimum absolute atomic E-state index is 0.0843. The van der Waals surface area contributed by atoms with Crippen LogP contribution in [0.3, 0.4) is 0 Å². The van der Waals surface area contributed by atoms with Gasteiger partial charge in [0.1, 0.15) is 0 Å². The molecule has 2 fully saturated rings. The molecule has 0 spiro atoms. The number of rotatable bonds is 6. The average Bonchev–Trinajstić information content (AvgIpc) is 3.05. The maximum Gasteiger partial charge on any atom is 0.378 e. The minimum Gasteiger partial charge on any atom is -0.459 e. The summed E-state index contributed by atoms with van der Waals surface area (Å²) in [6.45, 7) is -1.21. The van der Waals surface area contributed by atoms with Gasteiger partial charge in [-0.1, -0.05) is 13.8 Å². The van der Waals surface area contributed by atoms with E-state index in [1.54, 1.807) is 0 Å². The molecule has 2 rings (SSSR count). The summed E-state index contributed by atoms with van der Waals surface area (Å²) in [6.07, 6.45) is 1.15. The topological polar surface area (TPSA) is 26.3 Å². The lowest BCUT2D eigenvalue weighted by Gasteiger charge is -2.33. The Morgan fingerprint density at radius 1 is 1.00 bits per heavy atom. The molecule has 0 amide bonds. The molecule has 0 heterocycles. The first-order valence-corrected chi connectivity index (χ1v) is 7.71. The number of halogens is 7. The van der Waals surface area contributed by atoms with Gasteiger partial charge in [-0.25, -0.2) is 4.39 Å². The van der Waals surface area contributed by atoms with Crippen LogP contribution in [0.25, 0.3) is 0 Å². The predicted octanol–water partition coefficient (Wildman–Crippen LogP) is 4.33. The molecule has 2 saturated carbocycles. The Morgan fingerprint density at radius 2 is 1.58 bits per heavy atom. The van der Waals surface area contributed by atoms with Gasteiger partial charge in [0, 0.05) is 0 Å². The van der Waals surface area contributed by atoms with Crippen molar-refractivity contribution in [2.75, 3.05) is 13.3 Å². The molecule has 0 radical (unpaired) electrons. The normalized spacial score (nSPS) is 33.8. The second-order valence-electron chi connectivity index (χ2n) is 6.94. The second-order valence-corrected chi connectivity index (χ2v) is 6.94. The third kappa shape index (κ3) is 2.87. The molecule has 2 nitrogen and oxygen atoms in total. The van der Waals surface area contributed by atoms with E-state index in [2.05, 4.69) is 4.74 Å². The Morgan fingerprint density at radius 3 is 2.04 bits per heavy atom. The van der Waals surface area contributed by atoms with E-state index in [4.69, 9.17) is 0 Å². The Labute approximate surface area is 134 Å². The van der Waals surface area contributed by atoms with Crippen molar-refractivity contribution in [3.05, 3.63) is 0 Å².